The van der Waals surface area contributed by atoms with E-state index in [0.29, 0.717) is 18.4 Å². The van der Waals surface area contributed by atoms with Crippen molar-refractivity contribution in [1.29, 1.82) is 0 Å². The molecule has 2 N–H and O–H groups in total. The maximum Gasteiger partial charge on any atom is 0.243 e. The van der Waals surface area contributed by atoms with E-state index >= 15 is 0 Å². The third-order valence-electron chi connectivity index (χ3n) is 2.99. The van der Waals surface area contributed by atoms with Crippen LogP contribution in [0.25, 0.3) is 0 Å². The average Bonchev–Trinajstić information content (AvgIpc) is 2.78. The minimum absolute atomic E-state index is 0.175. The Morgan fingerprint density at radius 3 is 2.88 bits per heavy atom. The lowest BCUT2D eigenvalue weighted by atomic mass is 10.0. The van der Waals surface area contributed by atoms with E-state index in [2.05, 4.69) is 10.1 Å². The highest BCUT2D eigenvalue weighted by Gasteiger charge is 2.24. The first-order valence-electron chi connectivity index (χ1n) is 5.85. The van der Waals surface area contributed by atoms with Crippen molar-refractivity contribution in [2.75, 3.05) is 13.2 Å². The van der Waals surface area contributed by atoms with Crippen LogP contribution in [0.4, 0.5) is 0 Å². The van der Waals surface area contributed by atoms with Crippen molar-refractivity contribution in [2.45, 2.75) is 38.6 Å². The molecule has 16 heavy (non-hydrogen) atoms. The van der Waals surface area contributed by atoms with Crippen LogP contribution >= 0.6 is 0 Å². The Balaban J connectivity index is 2.06. The Kier molecular flexibility index (Phi) is 3.56. The smallest absolute Gasteiger partial charge is 0.243 e. The lowest BCUT2D eigenvalue weighted by Gasteiger charge is -2.18. The largest absolute Gasteiger partial charge is 0.381 e. The maximum absolute atomic E-state index is 5.95. The van der Waals surface area contributed by atoms with E-state index in [9.17, 15) is 0 Å². The molecule has 1 aliphatic heterocycles. The predicted molar refractivity (Wildman–Crippen MR) is 58.9 cm³/mol. The minimum Gasteiger partial charge on any atom is -0.381 e. The molecule has 0 aliphatic carbocycles. The van der Waals surface area contributed by atoms with Gasteiger partial charge in [0.2, 0.25) is 5.89 Å². The highest BCUT2D eigenvalue weighted by molar-refractivity contribution is 4.99. The number of nitrogens with zero attached hydrogens (tertiary/aromatic N) is 2. The Hall–Kier alpha value is -0.940. The summed E-state index contributed by atoms with van der Waals surface area (Å²) in [5.41, 5.74) is 5.95. The highest BCUT2D eigenvalue weighted by atomic mass is 16.5. The molecule has 1 saturated heterocycles. The second-order valence-corrected chi connectivity index (χ2v) is 4.67. The lowest BCUT2D eigenvalue weighted by molar-refractivity contribution is 0.0773. The lowest BCUT2D eigenvalue weighted by Crippen LogP contribution is -2.18. The van der Waals surface area contributed by atoms with Gasteiger partial charge in [0.15, 0.2) is 5.82 Å². The van der Waals surface area contributed by atoms with Crippen molar-refractivity contribution < 1.29 is 9.26 Å². The molecule has 1 aromatic rings. The van der Waals surface area contributed by atoms with Gasteiger partial charge in [0.25, 0.3) is 0 Å². The molecule has 1 aromatic heterocycles. The van der Waals surface area contributed by atoms with Gasteiger partial charge in [-0.15, -0.1) is 0 Å². The van der Waals surface area contributed by atoms with Crippen LogP contribution in [-0.4, -0.2) is 23.4 Å². The summed E-state index contributed by atoms with van der Waals surface area (Å²) in [7, 11) is 0. The van der Waals surface area contributed by atoms with E-state index in [-0.39, 0.29) is 12.0 Å². The van der Waals surface area contributed by atoms with Gasteiger partial charge in [-0.25, -0.2) is 0 Å². The fourth-order valence-electron chi connectivity index (χ4n) is 1.78. The van der Waals surface area contributed by atoms with Crippen LogP contribution in [0.2, 0.25) is 0 Å². The minimum atomic E-state index is -0.175. The molecule has 0 bridgehead atoms. The number of ether oxygens (including phenoxy) is 1. The van der Waals surface area contributed by atoms with Gasteiger partial charge in [-0.2, -0.15) is 4.98 Å². The molecular formula is C11H19N3O2. The van der Waals surface area contributed by atoms with Crippen molar-refractivity contribution in [3.8, 4) is 0 Å². The summed E-state index contributed by atoms with van der Waals surface area (Å²) in [6.45, 7) is 5.61. The predicted octanol–water partition coefficient (Wildman–Crippen LogP) is 1.62. The molecule has 0 saturated carbocycles. The Bertz CT molecular complexity index is 332. The van der Waals surface area contributed by atoms with Crippen LogP contribution < -0.4 is 5.73 Å². The highest BCUT2D eigenvalue weighted by Crippen LogP contribution is 2.25. The summed E-state index contributed by atoms with van der Waals surface area (Å²) >= 11 is 0. The first-order valence-corrected chi connectivity index (χ1v) is 5.85. The van der Waals surface area contributed by atoms with Crippen molar-refractivity contribution in [1.82, 2.24) is 10.1 Å². The molecule has 5 nitrogen and oxygen atoms in total. The standard InChI is InChI=1S/C11H19N3O2/c1-7(2)9(12)11-13-10(14-16-11)8-4-3-5-15-6-8/h7-9H,3-6,12H2,1-2H3. The number of hydrogen-bond acceptors (Lipinski definition) is 5. The molecular weight excluding hydrogens is 206 g/mol. The van der Waals surface area contributed by atoms with Crippen LogP contribution in [0.3, 0.4) is 0 Å². The summed E-state index contributed by atoms with van der Waals surface area (Å²) in [6, 6.07) is -0.175. The first-order chi connectivity index (χ1) is 7.68. The number of hydrogen-bond donors (Lipinski definition) is 1. The van der Waals surface area contributed by atoms with E-state index in [4.69, 9.17) is 15.0 Å². The number of aromatic nitrogens is 2. The van der Waals surface area contributed by atoms with Gasteiger partial charge in [-0.05, 0) is 18.8 Å². The summed E-state index contributed by atoms with van der Waals surface area (Å²) < 4.78 is 10.6. The van der Waals surface area contributed by atoms with Crippen LogP contribution in [-0.2, 0) is 4.74 Å². The number of rotatable bonds is 3. The summed E-state index contributed by atoms with van der Waals surface area (Å²) in [5, 5.41) is 4.00. The molecule has 2 heterocycles. The fraction of sp³-hybridized carbons (Fsp3) is 0.818. The molecule has 0 aromatic carbocycles. The average molecular weight is 225 g/mol. The van der Waals surface area contributed by atoms with Crippen LogP contribution in [0, 0.1) is 5.92 Å². The van der Waals surface area contributed by atoms with Gasteiger partial charge in [0.1, 0.15) is 0 Å². The van der Waals surface area contributed by atoms with E-state index < -0.39 is 0 Å². The monoisotopic (exact) mass is 225 g/mol. The summed E-state index contributed by atoms with van der Waals surface area (Å²) in [6.07, 6.45) is 2.13. The maximum atomic E-state index is 5.95. The first kappa shape index (κ1) is 11.5. The van der Waals surface area contributed by atoms with Gasteiger partial charge in [-0.1, -0.05) is 19.0 Å². The zero-order chi connectivity index (χ0) is 11.5. The van der Waals surface area contributed by atoms with Gasteiger partial charge in [0, 0.05) is 12.5 Å². The van der Waals surface area contributed by atoms with E-state index in [1.807, 2.05) is 13.8 Å². The third kappa shape index (κ3) is 2.41. The van der Waals surface area contributed by atoms with Gasteiger partial charge >= 0.3 is 0 Å². The van der Waals surface area contributed by atoms with Gasteiger partial charge in [-0.3, -0.25) is 0 Å². The SMILES string of the molecule is CC(C)C(N)c1nc(C2CCCOC2)no1. The Morgan fingerprint density at radius 1 is 1.44 bits per heavy atom. The van der Waals surface area contributed by atoms with Crippen molar-refractivity contribution in [3.63, 3.8) is 0 Å². The molecule has 5 heteroatoms. The molecule has 0 spiro atoms. The Labute approximate surface area is 95.3 Å². The van der Waals surface area contributed by atoms with Crippen molar-refractivity contribution >= 4 is 0 Å². The molecule has 2 rings (SSSR count). The molecule has 0 amide bonds. The van der Waals surface area contributed by atoms with Crippen LogP contribution in [0.5, 0.6) is 0 Å². The molecule has 2 atom stereocenters. The Morgan fingerprint density at radius 2 is 2.25 bits per heavy atom. The summed E-state index contributed by atoms with van der Waals surface area (Å²) in [5.74, 6) is 1.85. The molecule has 0 radical (unpaired) electrons. The van der Waals surface area contributed by atoms with E-state index in [1.165, 1.54) is 0 Å². The third-order valence-corrected chi connectivity index (χ3v) is 2.99. The van der Waals surface area contributed by atoms with Crippen molar-refractivity contribution in [2.24, 2.45) is 11.7 Å². The second-order valence-electron chi connectivity index (χ2n) is 4.67. The van der Waals surface area contributed by atoms with E-state index in [0.717, 1.165) is 25.3 Å². The van der Waals surface area contributed by atoms with Crippen molar-refractivity contribution in [3.05, 3.63) is 11.7 Å². The zero-order valence-corrected chi connectivity index (χ0v) is 9.85. The molecule has 2 unspecified atom stereocenters. The second kappa shape index (κ2) is 4.93. The van der Waals surface area contributed by atoms with Gasteiger partial charge < -0.3 is 15.0 Å². The quantitative estimate of drug-likeness (QED) is 0.846. The normalized spacial score (nSPS) is 23.6. The fourth-order valence-corrected chi connectivity index (χ4v) is 1.78. The zero-order valence-electron chi connectivity index (χ0n) is 9.85. The number of nitrogens with two attached hydrogens (primary N) is 1. The topological polar surface area (TPSA) is 74.2 Å². The molecule has 1 aliphatic rings. The van der Waals surface area contributed by atoms with Crippen LogP contribution in [0.1, 0.15) is 50.4 Å². The van der Waals surface area contributed by atoms with E-state index in [1.54, 1.807) is 0 Å². The van der Waals surface area contributed by atoms with Gasteiger partial charge in [0.05, 0.1) is 12.6 Å². The summed E-state index contributed by atoms with van der Waals surface area (Å²) in [4.78, 5) is 4.37. The molecule has 1 fully saturated rings. The van der Waals surface area contributed by atoms with Crippen LogP contribution in [0.15, 0.2) is 4.52 Å². The molecule has 90 valence electrons.